The molecule has 0 saturated carbocycles. The molecule has 0 amide bonds. The maximum Gasteiger partial charge on any atom is 0.261 e. The van der Waals surface area contributed by atoms with Crippen LogP contribution >= 0.6 is 22.9 Å². The van der Waals surface area contributed by atoms with Crippen LogP contribution in [0.5, 0.6) is 0 Å². The lowest BCUT2D eigenvalue weighted by molar-refractivity contribution is 0.642. The van der Waals surface area contributed by atoms with Crippen LogP contribution in [0.2, 0.25) is 5.15 Å². The molecule has 138 valence electrons. The van der Waals surface area contributed by atoms with E-state index >= 15 is 0 Å². The summed E-state index contributed by atoms with van der Waals surface area (Å²) < 4.78 is 1.90. The van der Waals surface area contributed by atoms with Crippen molar-refractivity contribution in [3.63, 3.8) is 0 Å². The summed E-state index contributed by atoms with van der Waals surface area (Å²) in [6.45, 7) is 0.662. The molecule has 1 aliphatic rings. The van der Waals surface area contributed by atoms with Gasteiger partial charge in [0.1, 0.15) is 10.2 Å². The number of rotatable bonds is 2. The van der Waals surface area contributed by atoms with Gasteiger partial charge < -0.3 is 4.57 Å². The second-order valence-electron chi connectivity index (χ2n) is 6.75. The van der Waals surface area contributed by atoms with E-state index in [1.807, 2.05) is 41.1 Å². The van der Waals surface area contributed by atoms with Crippen LogP contribution in [0.4, 0.5) is 0 Å². The summed E-state index contributed by atoms with van der Waals surface area (Å²) in [7, 11) is 0. The molecule has 0 radical (unpaired) electrons. The second-order valence-corrected chi connectivity index (χ2v) is 8.00. The Morgan fingerprint density at radius 3 is 2.71 bits per heavy atom. The predicted molar refractivity (Wildman–Crippen MR) is 114 cm³/mol. The zero-order valence-corrected chi connectivity index (χ0v) is 16.5. The van der Waals surface area contributed by atoms with E-state index < -0.39 is 0 Å². The Hall–Kier alpha value is -2.76. The first kappa shape index (κ1) is 17.3. The summed E-state index contributed by atoms with van der Waals surface area (Å²) in [5, 5.41) is 2.83. The molecule has 5 rings (SSSR count). The number of pyridine rings is 2. The number of aryl methyl sites for hydroxylation is 1. The van der Waals surface area contributed by atoms with Crippen LogP contribution in [0.3, 0.4) is 0 Å². The number of halogens is 1. The van der Waals surface area contributed by atoms with Crippen LogP contribution in [0.25, 0.3) is 33.0 Å². The first-order valence-electron chi connectivity index (χ1n) is 9.10. The van der Waals surface area contributed by atoms with Crippen LogP contribution in [-0.4, -0.2) is 14.5 Å². The van der Waals surface area contributed by atoms with E-state index in [4.69, 9.17) is 11.6 Å². The van der Waals surface area contributed by atoms with Gasteiger partial charge in [0.05, 0.1) is 11.3 Å². The van der Waals surface area contributed by atoms with Gasteiger partial charge in [-0.15, -0.1) is 11.3 Å². The van der Waals surface area contributed by atoms with Crippen molar-refractivity contribution in [2.75, 3.05) is 0 Å². The smallest absolute Gasteiger partial charge is 0.261 e. The van der Waals surface area contributed by atoms with Gasteiger partial charge in [0.25, 0.3) is 5.56 Å². The highest BCUT2D eigenvalue weighted by Crippen LogP contribution is 2.37. The van der Waals surface area contributed by atoms with Crippen molar-refractivity contribution >= 4 is 22.9 Å². The summed E-state index contributed by atoms with van der Waals surface area (Å²) in [5.74, 6) is 0. The van der Waals surface area contributed by atoms with E-state index in [0.717, 1.165) is 35.2 Å². The van der Waals surface area contributed by atoms with Crippen molar-refractivity contribution in [2.24, 2.45) is 0 Å². The molecular formula is C22H16ClN3OS. The molecule has 4 nitrogen and oxygen atoms in total. The van der Waals surface area contributed by atoms with E-state index in [1.165, 1.54) is 16.9 Å². The van der Waals surface area contributed by atoms with E-state index in [-0.39, 0.29) is 5.56 Å². The van der Waals surface area contributed by atoms with Crippen molar-refractivity contribution in [2.45, 2.75) is 19.4 Å². The minimum atomic E-state index is -0.0228. The number of nitrogens with zero attached hydrogens (tertiary/aromatic N) is 3. The zero-order valence-electron chi connectivity index (χ0n) is 14.9. The minimum Gasteiger partial charge on any atom is -0.307 e. The van der Waals surface area contributed by atoms with Gasteiger partial charge >= 0.3 is 0 Å². The van der Waals surface area contributed by atoms with Gasteiger partial charge in [-0.25, -0.2) is 4.98 Å². The number of fused-ring (bicyclic) bond motifs is 3. The lowest BCUT2D eigenvalue weighted by Gasteiger charge is -2.18. The zero-order chi connectivity index (χ0) is 19.1. The summed E-state index contributed by atoms with van der Waals surface area (Å²) in [4.78, 5) is 22.1. The van der Waals surface area contributed by atoms with Crippen LogP contribution in [-0.2, 0) is 13.0 Å². The van der Waals surface area contributed by atoms with E-state index in [9.17, 15) is 4.79 Å². The third-order valence-corrected chi connectivity index (χ3v) is 6.27. The highest BCUT2D eigenvalue weighted by molar-refractivity contribution is 7.13. The molecule has 0 N–H and O–H groups in total. The van der Waals surface area contributed by atoms with Crippen molar-refractivity contribution in [3.8, 4) is 33.0 Å². The average Bonchev–Trinajstić information content (AvgIpc) is 3.06. The van der Waals surface area contributed by atoms with Crippen LogP contribution in [0.15, 0.2) is 65.0 Å². The topological polar surface area (TPSA) is 47.8 Å². The molecule has 0 saturated heterocycles. The van der Waals surface area contributed by atoms with Gasteiger partial charge in [0.2, 0.25) is 0 Å². The molecule has 3 aromatic heterocycles. The quantitative estimate of drug-likeness (QED) is 0.454. The molecule has 4 heterocycles. The second kappa shape index (κ2) is 7.00. The Morgan fingerprint density at radius 1 is 1.07 bits per heavy atom. The van der Waals surface area contributed by atoms with Crippen LogP contribution in [0, 0.1) is 0 Å². The van der Waals surface area contributed by atoms with Gasteiger partial charge in [-0.2, -0.15) is 0 Å². The normalized spacial score (nSPS) is 12.9. The molecule has 4 aromatic rings. The fraction of sp³-hybridized carbons (Fsp3) is 0.136. The standard InChI is InChI=1S/C22H16ClN3OS/c23-19-13-28-21(25-19)18-11-17(14-5-2-1-3-6-14)20-16-8-9-24-12-15(16)7-4-10-26(20)22(18)27/h1-3,5-6,8-9,11-13H,4,7,10H2. The Balaban J connectivity index is 1.89. The first-order valence-corrected chi connectivity index (χ1v) is 10.4. The Morgan fingerprint density at radius 2 is 1.93 bits per heavy atom. The molecule has 1 aromatic carbocycles. The van der Waals surface area contributed by atoms with Gasteiger partial charge in [-0.3, -0.25) is 9.78 Å². The number of benzene rings is 1. The maximum atomic E-state index is 13.4. The van der Waals surface area contributed by atoms with Gasteiger partial charge in [-0.1, -0.05) is 41.9 Å². The lowest BCUT2D eigenvalue weighted by atomic mass is 9.95. The van der Waals surface area contributed by atoms with E-state index in [0.29, 0.717) is 22.3 Å². The van der Waals surface area contributed by atoms with Crippen molar-refractivity contribution in [3.05, 3.63) is 81.3 Å². The molecule has 0 unspecified atom stereocenters. The monoisotopic (exact) mass is 405 g/mol. The summed E-state index contributed by atoms with van der Waals surface area (Å²) in [6, 6.07) is 14.2. The molecule has 0 aliphatic carbocycles. The SMILES string of the molecule is O=c1c(-c2nc(Cl)cs2)cc(-c2ccccc2)c2n1CCCc1cnccc1-2. The summed E-state index contributed by atoms with van der Waals surface area (Å²) >= 11 is 7.44. The van der Waals surface area contributed by atoms with Crippen molar-refractivity contribution in [1.82, 2.24) is 14.5 Å². The molecular weight excluding hydrogens is 390 g/mol. The maximum absolute atomic E-state index is 13.4. The lowest BCUT2D eigenvalue weighted by Crippen LogP contribution is -2.23. The first-order chi connectivity index (χ1) is 13.7. The number of hydrogen-bond donors (Lipinski definition) is 0. The fourth-order valence-electron chi connectivity index (χ4n) is 3.82. The third-order valence-electron chi connectivity index (χ3n) is 5.07. The Labute approximate surface area is 171 Å². The average molecular weight is 406 g/mol. The molecule has 0 bridgehead atoms. The molecule has 0 fully saturated rings. The third kappa shape index (κ3) is 2.87. The highest BCUT2D eigenvalue weighted by Gasteiger charge is 2.23. The van der Waals surface area contributed by atoms with Gasteiger partial charge in [0, 0.05) is 35.4 Å². The Kier molecular flexibility index (Phi) is 4.34. The summed E-state index contributed by atoms with van der Waals surface area (Å²) in [6.07, 6.45) is 5.50. The highest BCUT2D eigenvalue weighted by atomic mass is 35.5. The molecule has 28 heavy (non-hydrogen) atoms. The minimum absolute atomic E-state index is 0.0228. The van der Waals surface area contributed by atoms with Gasteiger partial charge in [0.15, 0.2) is 0 Å². The Bertz CT molecular complexity index is 1230. The summed E-state index contributed by atoms with van der Waals surface area (Å²) in [5.41, 5.74) is 5.87. The van der Waals surface area contributed by atoms with E-state index in [1.54, 1.807) is 11.6 Å². The molecule has 0 spiro atoms. The molecule has 6 heteroatoms. The van der Waals surface area contributed by atoms with Gasteiger partial charge in [-0.05, 0) is 36.1 Å². The largest absolute Gasteiger partial charge is 0.307 e. The number of thiazole rings is 1. The van der Waals surface area contributed by atoms with Crippen molar-refractivity contribution in [1.29, 1.82) is 0 Å². The molecule has 1 aliphatic heterocycles. The number of aromatic nitrogens is 3. The fourth-order valence-corrected chi connectivity index (χ4v) is 4.78. The predicted octanol–water partition coefficient (Wildman–Crippen LogP) is 5.30. The van der Waals surface area contributed by atoms with E-state index in [2.05, 4.69) is 22.1 Å². The molecule has 0 atom stereocenters. The van der Waals surface area contributed by atoms with Crippen LogP contribution in [0.1, 0.15) is 12.0 Å². The van der Waals surface area contributed by atoms with Crippen LogP contribution < -0.4 is 5.56 Å². The van der Waals surface area contributed by atoms with Crippen molar-refractivity contribution < 1.29 is 0 Å². The number of hydrogen-bond acceptors (Lipinski definition) is 4.